The molecule has 0 unspecified atom stereocenters. The fourth-order valence-electron chi connectivity index (χ4n) is 2.46. The number of anilines is 1. The molecule has 1 fully saturated rings. The second kappa shape index (κ2) is 6.81. The van der Waals surface area contributed by atoms with Gasteiger partial charge in [0.15, 0.2) is 17.5 Å². The Hall–Kier alpha value is -2.26. The Morgan fingerprint density at radius 2 is 2.19 bits per heavy atom. The highest BCUT2D eigenvalue weighted by molar-refractivity contribution is 7.92. The Kier molecular flexibility index (Phi) is 4.85. The molecule has 1 aromatic heterocycles. The average Bonchev–Trinajstić information content (AvgIpc) is 3.28. The zero-order chi connectivity index (χ0) is 19.1. The van der Waals surface area contributed by atoms with Crippen LogP contribution < -0.4 is 4.72 Å². The molecule has 1 aliphatic carbocycles. The third kappa shape index (κ3) is 3.94. The van der Waals surface area contributed by atoms with Crippen molar-refractivity contribution in [3.63, 3.8) is 0 Å². The molecule has 1 aromatic carbocycles. The Labute approximate surface area is 154 Å². The van der Waals surface area contributed by atoms with E-state index < -0.39 is 15.8 Å². The Morgan fingerprint density at radius 3 is 2.77 bits per heavy atom. The third-order valence-electron chi connectivity index (χ3n) is 3.74. The van der Waals surface area contributed by atoms with E-state index in [4.69, 9.17) is 26.8 Å². The van der Waals surface area contributed by atoms with Crippen LogP contribution in [0.3, 0.4) is 0 Å². The van der Waals surface area contributed by atoms with Gasteiger partial charge in [0.25, 0.3) is 0 Å². The minimum atomic E-state index is -3.71. The lowest BCUT2D eigenvalue weighted by molar-refractivity contribution is 0.489. The van der Waals surface area contributed by atoms with E-state index in [-0.39, 0.29) is 45.8 Å². The van der Waals surface area contributed by atoms with Crippen LogP contribution in [0.5, 0.6) is 0 Å². The van der Waals surface area contributed by atoms with Gasteiger partial charge in [0.2, 0.25) is 10.0 Å². The van der Waals surface area contributed by atoms with Gasteiger partial charge in [-0.1, -0.05) is 11.6 Å². The summed E-state index contributed by atoms with van der Waals surface area (Å²) in [4.78, 5) is 4.33. The third-order valence-corrected chi connectivity index (χ3v) is 4.55. The first-order chi connectivity index (χ1) is 12.2. The molecule has 10 heteroatoms. The molecule has 0 bridgehead atoms. The van der Waals surface area contributed by atoms with Crippen LogP contribution in [0.1, 0.15) is 36.8 Å². The van der Waals surface area contributed by atoms with E-state index in [1.807, 2.05) is 0 Å². The maximum absolute atomic E-state index is 14.9. The van der Waals surface area contributed by atoms with E-state index in [0.29, 0.717) is 5.89 Å². The monoisotopic (exact) mass is 398 g/mol. The number of sulfonamides is 1. The highest BCUT2D eigenvalue weighted by Crippen LogP contribution is 2.42. The zero-order valence-corrected chi connectivity index (χ0v) is 15.3. The first-order valence-corrected chi connectivity index (χ1v) is 10.0. The number of oxazole rings is 1. The molecular weight excluding hydrogens is 383 g/mol. The number of nitrogens with zero attached hydrogens (tertiary/aromatic N) is 1. The van der Waals surface area contributed by atoms with Crippen molar-refractivity contribution in [2.75, 3.05) is 11.0 Å². The molecule has 0 saturated heterocycles. The number of rotatable bonds is 7. The predicted molar refractivity (Wildman–Crippen MR) is 97.6 cm³/mol. The summed E-state index contributed by atoms with van der Waals surface area (Å²) in [7, 11) is -3.71. The minimum absolute atomic E-state index is 0.00291. The van der Waals surface area contributed by atoms with Gasteiger partial charge in [-0.3, -0.25) is 4.72 Å². The van der Waals surface area contributed by atoms with Crippen LogP contribution in [0.25, 0.3) is 11.3 Å². The van der Waals surface area contributed by atoms with E-state index in [9.17, 15) is 12.8 Å². The highest BCUT2D eigenvalue weighted by atomic mass is 35.5. The van der Waals surface area contributed by atoms with Crippen molar-refractivity contribution in [2.24, 2.45) is 0 Å². The summed E-state index contributed by atoms with van der Waals surface area (Å²) >= 11 is 6.03. The largest absolute Gasteiger partial charge is 0.438 e. The van der Waals surface area contributed by atoms with E-state index >= 15 is 0 Å². The summed E-state index contributed by atoms with van der Waals surface area (Å²) in [5, 5.41) is 15.3. The number of nitrogens with one attached hydrogen (secondary N) is 3. The van der Waals surface area contributed by atoms with Gasteiger partial charge in [-0.15, -0.1) is 0 Å². The lowest BCUT2D eigenvalue weighted by atomic mass is 10.1. The van der Waals surface area contributed by atoms with Crippen LogP contribution in [-0.4, -0.2) is 31.6 Å². The Bertz CT molecular complexity index is 999. The lowest BCUT2D eigenvalue weighted by Crippen LogP contribution is -2.11. The predicted octanol–water partition coefficient (Wildman–Crippen LogP) is 3.79. The maximum Gasteiger partial charge on any atom is 0.229 e. The van der Waals surface area contributed by atoms with Gasteiger partial charge in [0, 0.05) is 29.1 Å². The van der Waals surface area contributed by atoms with E-state index in [2.05, 4.69) is 9.71 Å². The topological polar surface area (TPSA) is 120 Å². The first-order valence-electron chi connectivity index (χ1n) is 7.74. The number of benzene rings is 1. The normalized spacial score (nSPS) is 14.3. The van der Waals surface area contributed by atoms with E-state index in [1.165, 1.54) is 6.07 Å². The average molecular weight is 399 g/mol. The summed E-state index contributed by atoms with van der Waals surface area (Å²) in [6.45, 7) is 0. The summed E-state index contributed by atoms with van der Waals surface area (Å²) in [6, 6.07) is 2.46. The molecule has 2 aromatic rings. The first kappa shape index (κ1) is 18.5. The summed E-state index contributed by atoms with van der Waals surface area (Å²) in [5.74, 6) is -0.269. The summed E-state index contributed by atoms with van der Waals surface area (Å²) in [6.07, 6.45) is 3.74. The molecule has 26 heavy (non-hydrogen) atoms. The van der Waals surface area contributed by atoms with Crippen molar-refractivity contribution < 1.29 is 17.2 Å². The lowest BCUT2D eigenvalue weighted by Gasteiger charge is -2.10. The zero-order valence-electron chi connectivity index (χ0n) is 13.8. The highest BCUT2D eigenvalue weighted by Gasteiger charge is 2.32. The van der Waals surface area contributed by atoms with Crippen molar-refractivity contribution in [3.05, 3.63) is 34.6 Å². The number of hydrogen-bond acceptors (Lipinski definition) is 6. The van der Waals surface area contributed by atoms with Crippen molar-refractivity contribution in [3.8, 4) is 11.3 Å². The van der Waals surface area contributed by atoms with Gasteiger partial charge < -0.3 is 15.2 Å². The van der Waals surface area contributed by atoms with Gasteiger partial charge >= 0.3 is 0 Å². The molecule has 0 aliphatic heterocycles. The number of aromatic nitrogens is 1. The molecule has 3 rings (SSSR count). The van der Waals surface area contributed by atoms with E-state index in [1.54, 1.807) is 0 Å². The van der Waals surface area contributed by atoms with Crippen LogP contribution in [-0.2, 0) is 10.0 Å². The van der Waals surface area contributed by atoms with Gasteiger partial charge in [-0.25, -0.2) is 17.8 Å². The minimum Gasteiger partial charge on any atom is -0.438 e. The van der Waals surface area contributed by atoms with Crippen molar-refractivity contribution in [1.29, 1.82) is 10.8 Å². The standard InChI is InChI=1S/C16H16ClFN4O3S/c1-26(23,24)22-12-7-9(17)6-10(13(12)18)14-15(11(20)4-5-19)25-16(21-14)8-2-3-8/h5-8,19-20,22H,2-4H2,1H3. The van der Waals surface area contributed by atoms with Crippen LogP contribution in [0.4, 0.5) is 10.1 Å². The smallest absolute Gasteiger partial charge is 0.229 e. The molecule has 0 radical (unpaired) electrons. The number of halogens is 2. The van der Waals surface area contributed by atoms with Crippen LogP contribution in [0.15, 0.2) is 16.5 Å². The Morgan fingerprint density at radius 1 is 1.50 bits per heavy atom. The number of hydrogen-bond donors (Lipinski definition) is 3. The van der Waals surface area contributed by atoms with Crippen molar-refractivity contribution in [2.45, 2.75) is 25.2 Å². The fourth-order valence-corrected chi connectivity index (χ4v) is 3.23. The molecule has 138 valence electrons. The summed E-state index contributed by atoms with van der Waals surface area (Å²) in [5.41, 5.74) is -0.318. The SMILES string of the molecule is CS(=O)(=O)Nc1cc(Cl)cc(-c2nc(C3CC3)oc2C(=N)CC=N)c1F. The molecule has 0 amide bonds. The van der Waals surface area contributed by atoms with Crippen molar-refractivity contribution >= 4 is 39.2 Å². The van der Waals surface area contributed by atoms with E-state index in [0.717, 1.165) is 31.4 Å². The van der Waals surface area contributed by atoms with Gasteiger partial charge in [0.1, 0.15) is 5.69 Å². The molecule has 3 N–H and O–H groups in total. The molecular formula is C16H16ClFN4O3S. The molecule has 1 heterocycles. The van der Waals surface area contributed by atoms with Crippen molar-refractivity contribution in [1.82, 2.24) is 4.98 Å². The second-order valence-corrected chi connectivity index (χ2v) is 8.26. The van der Waals surface area contributed by atoms with Gasteiger partial charge in [-0.05, 0) is 25.0 Å². The molecule has 0 spiro atoms. The van der Waals surface area contributed by atoms with Crippen LogP contribution >= 0.6 is 11.6 Å². The molecule has 0 atom stereocenters. The Balaban J connectivity index is 2.16. The summed E-state index contributed by atoms with van der Waals surface area (Å²) < 4.78 is 45.6. The van der Waals surface area contributed by atoms with Crippen LogP contribution in [0.2, 0.25) is 5.02 Å². The fraction of sp³-hybridized carbons (Fsp3) is 0.312. The van der Waals surface area contributed by atoms with Gasteiger partial charge in [0.05, 0.1) is 17.7 Å². The maximum atomic E-state index is 14.9. The molecule has 7 nitrogen and oxygen atoms in total. The molecule has 1 saturated carbocycles. The van der Waals surface area contributed by atoms with Crippen LogP contribution in [0, 0.1) is 16.6 Å². The second-order valence-electron chi connectivity index (χ2n) is 6.08. The van der Waals surface area contributed by atoms with Gasteiger partial charge in [-0.2, -0.15) is 0 Å². The molecule has 1 aliphatic rings. The quantitative estimate of drug-likeness (QED) is 0.614.